The zero-order valence-electron chi connectivity index (χ0n) is 14.7. The van der Waals surface area contributed by atoms with Crippen molar-refractivity contribution in [3.63, 3.8) is 0 Å². The van der Waals surface area contributed by atoms with E-state index < -0.39 is 7.12 Å². The number of rotatable bonds is 4. The number of aldehydes is 1. The Morgan fingerprint density at radius 2 is 1.60 bits per heavy atom. The Morgan fingerprint density at radius 3 is 2.16 bits per heavy atom. The monoisotopic (exact) mass is 358 g/mol. The van der Waals surface area contributed by atoms with Crippen LogP contribution in [-0.4, -0.2) is 24.6 Å². The van der Waals surface area contributed by atoms with Gasteiger partial charge < -0.3 is 14.0 Å². The van der Waals surface area contributed by atoms with Crippen LogP contribution >= 0.6 is 11.6 Å². The highest BCUT2D eigenvalue weighted by Crippen LogP contribution is 2.36. The lowest BCUT2D eigenvalue weighted by Gasteiger charge is -2.32. The van der Waals surface area contributed by atoms with Gasteiger partial charge in [0.25, 0.3) is 0 Å². The molecule has 2 aromatic carbocycles. The fraction of sp³-hybridized carbons (Fsp3) is 0.316. The molecule has 0 aromatic heterocycles. The predicted molar refractivity (Wildman–Crippen MR) is 99.1 cm³/mol. The van der Waals surface area contributed by atoms with Crippen molar-refractivity contribution in [2.45, 2.75) is 38.9 Å². The summed E-state index contributed by atoms with van der Waals surface area (Å²) in [5.41, 5.74) is 0.589. The van der Waals surface area contributed by atoms with E-state index in [4.69, 9.17) is 25.6 Å². The van der Waals surface area contributed by atoms with Gasteiger partial charge in [-0.25, -0.2) is 0 Å². The molecule has 25 heavy (non-hydrogen) atoms. The minimum Gasteiger partial charge on any atom is -0.457 e. The van der Waals surface area contributed by atoms with E-state index in [-0.39, 0.29) is 11.2 Å². The van der Waals surface area contributed by atoms with E-state index in [1.54, 1.807) is 18.2 Å². The van der Waals surface area contributed by atoms with Crippen molar-refractivity contribution in [1.82, 2.24) is 0 Å². The van der Waals surface area contributed by atoms with Gasteiger partial charge in [0, 0.05) is 11.1 Å². The minimum absolute atomic E-state index is 0.382. The van der Waals surface area contributed by atoms with E-state index in [0.717, 1.165) is 11.7 Å². The first-order valence-corrected chi connectivity index (χ1v) is 8.48. The summed E-state index contributed by atoms with van der Waals surface area (Å²) in [6.07, 6.45) is 0.740. The number of benzene rings is 2. The molecule has 3 rings (SSSR count). The molecule has 4 nitrogen and oxygen atoms in total. The minimum atomic E-state index is -0.421. The fourth-order valence-corrected chi connectivity index (χ4v) is 2.66. The summed E-state index contributed by atoms with van der Waals surface area (Å²) in [5, 5.41) is 0.509. The summed E-state index contributed by atoms with van der Waals surface area (Å²) in [7, 11) is -0.421. The molecule has 0 radical (unpaired) electrons. The van der Waals surface area contributed by atoms with E-state index in [0.29, 0.717) is 22.1 Å². The Labute approximate surface area is 153 Å². The summed E-state index contributed by atoms with van der Waals surface area (Å²) in [6, 6.07) is 12.3. The number of carbonyl (C=O) groups is 1. The summed E-state index contributed by atoms with van der Waals surface area (Å²) in [4.78, 5) is 11.1. The SMILES string of the molecule is CC1(C)OB(c2ccc(Oc3cc(Cl)ccc3C=O)cc2)OC1(C)C. The molecule has 2 aromatic rings. The molecular formula is C19H20BClO4. The Morgan fingerprint density at radius 1 is 1.00 bits per heavy atom. The normalized spacial score (nSPS) is 18.2. The molecule has 0 amide bonds. The van der Waals surface area contributed by atoms with E-state index in [2.05, 4.69) is 0 Å². The molecule has 130 valence electrons. The van der Waals surface area contributed by atoms with Gasteiger partial charge in [-0.2, -0.15) is 0 Å². The van der Waals surface area contributed by atoms with Crippen LogP contribution in [0.4, 0.5) is 0 Å². The molecule has 6 heteroatoms. The lowest BCUT2D eigenvalue weighted by molar-refractivity contribution is 0.00578. The maximum atomic E-state index is 11.1. The summed E-state index contributed by atoms with van der Waals surface area (Å²) in [6.45, 7) is 8.07. The second-order valence-electron chi connectivity index (χ2n) is 7.06. The van der Waals surface area contributed by atoms with Gasteiger partial charge in [0.15, 0.2) is 6.29 Å². The van der Waals surface area contributed by atoms with Gasteiger partial charge in [0.2, 0.25) is 0 Å². The van der Waals surface area contributed by atoms with Crippen LogP contribution in [0.5, 0.6) is 11.5 Å². The molecule has 0 unspecified atom stereocenters. The summed E-state index contributed by atoms with van der Waals surface area (Å²) in [5.74, 6) is 1.02. The molecule has 0 saturated carbocycles. The van der Waals surface area contributed by atoms with E-state index in [1.807, 2.05) is 52.0 Å². The highest BCUT2D eigenvalue weighted by molar-refractivity contribution is 6.62. The predicted octanol–water partition coefficient (Wildman–Crippen LogP) is 4.24. The van der Waals surface area contributed by atoms with Crippen LogP contribution in [0.3, 0.4) is 0 Å². The molecule has 0 atom stereocenters. The van der Waals surface area contributed by atoms with Crippen molar-refractivity contribution in [1.29, 1.82) is 0 Å². The lowest BCUT2D eigenvalue weighted by Crippen LogP contribution is -2.41. The third-order valence-electron chi connectivity index (χ3n) is 4.74. The van der Waals surface area contributed by atoms with Gasteiger partial charge in [-0.3, -0.25) is 4.79 Å². The quantitative estimate of drug-likeness (QED) is 0.605. The van der Waals surface area contributed by atoms with E-state index in [9.17, 15) is 4.79 Å². The molecule has 1 saturated heterocycles. The zero-order chi connectivity index (χ0) is 18.2. The van der Waals surface area contributed by atoms with Crippen molar-refractivity contribution >= 4 is 30.5 Å². The number of carbonyl (C=O) groups excluding carboxylic acids is 1. The molecule has 1 fully saturated rings. The largest absolute Gasteiger partial charge is 0.494 e. The number of halogens is 1. The van der Waals surface area contributed by atoms with Crippen LogP contribution < -0.4 is 10.2 Å². The molecule has 1 heterocycles. The van der Waals surface area contributed by atoms with Crippen molar-refractivity contribution in [2.24, 2.45) is 0 Å². The van der Waals surface area contributed by atoms with Gasteiger partial charge >= 0.3 is 7.12 Å². The number of hydrogen-bond acceptors (Lipinski definition) is 4. The Balaban J connectivity index is 1.78. The second-order valence-corrected chi connectivity index (χ2v) is 7.50. The van der Waals surface area contributed by atoms with Crippen LogP contribution in [0.15, 0.2) is 42.5 Å². The van der Waals surface area contributed by atoms with Crippen molar-refractivity contribution < 1.29 is 18.8 Å². The lowest BCUT2D eigenvalue weighted by atomic mass is 9.79. The Kier molecular flexibility index (Phi) is 4.67. The van der Waals surface area contributed by atoms with Crippen molar-refractivity contribution in [3.05, 3.63) is 53.1 Å². The second kappa shape index (κ2) is 6.48. The first-order valence-electron chi connectivity index (χ1n) is 8.10. The maximum Gasteiger partial charge on any atom is 0.494 e. The molecule has 0 N–H and O–H groups in total. The van der Waals surface area contributed by atoms with E-state index >= 15 is 0 Å². The highest BCUT2D eigenvalue weighted by atomic mass is 35.5. The smallest absolute Gasteiger partial charge is 0.457 e. The van der Waals surface area contributed by atoms with Crippen LogP contribution in [0.1, 0.15) is 38.1 Å². The highest BCUT2D eigenvalue weighted by Gasteiger charge is 2.51. The van der Waals surface area contributed by atoms with Crippen LogP contribution in [-0.2, 0) is 9.31 Å². The van der Waals surface area contributed by atoms with Gasteiger partial charge in [-0.05, 0) is 57.4 Å². The van der Waals surface area contributed by atoms with Crippen LogP contribution in [0, 0.1) is 0 Å². The van der Waals surface area contributed by atoms with Crippen LogP contribution in [0.25, 0.3) is 0 Å². The van der Waals surface area contributed by atoms with Crippen molar-refractivity contribution in [3.8, 4) is 11.5 Å². The Bertz CT molecular complexity index is 771. The average molecular weight is 359 g/mol. The maximum absolute atomic E-state index is 11.1. The Hall–Kier alpha value is -1.82. The molecular weight excluding hydrogens is 338 g/mol. The third-order valence-corrected chi connectivity index (χ3v) is 4.97. The van der Waals surface area contributed by atoms with Crippen molar-refractivity contribution in [2.75, 3.05) is 0 Å². The van der Waals surface area contributed by atoms with Crippen LogP contribution in [0.2, 0.25) is 5.02 Å². The summed E-state index contributed by atoms with van der Waals surface area (Å²) < 4.78 is 17.9. The van der Waals surface area contributed by atoms with Gasteiger partial charge in [-0.15, -0.1) is 0 Å². The van der Waals surface area contributed by atoms with Gasteiger partial charge in [0.05, 0.1) is 16.8 Å². The average Bonchev–Trinajstić information content (AvgIpc) is 2.76. The third kappa shape index (κ3) is 3.59. The first-order chi connectivity index (χ1) is 11.7. The fourth-order valence-electron chi connectivity index (χ4n) is 2.49. The van der Waals surface area contributed by atoms with E-state index in [1.165, 1.54) is 0 Å². The molecule has 0 spiro atoms. The first kappa shape index (κ1) is 18.0. The molecule has 0 bridgehead atoms. The standard InChI is InChI=1S/C19H20BClO4/c1-18(2)19(3,4)25-20(24-18)14-6-9-16(10-7-14)23-17-11-15(21)8-5-13(17)12-22/h5-12H,1-4H3. The zero-order valence-corrected chi connectivity index (χ0v) is 15.5. The number of hydrogen-bond donors (Lipinski definition) is 0. The number of ether oxygens (including phenoxy) is 1. The molecule has 1 aliphatic rings. The molecule has 0 aliphatic carbocycles. The molecule has 1 aliphatic heterocycles. The van der Waals surface area contributed by atoms with Gasteiger partial charge in [-0.1, -0.05) is 23.7 Å². The summed E-state index contributed by atoms with van der Waals surface area (Å²) >= 11 is 5.98. The topological polar surface area (TPSA) is 44.8 Å². The van der Waals surface area contributed by atoms with Gasteiger partial charge in [0.1, 0.15) is 11.5 Å².